The van der Waals surface area contributed by atoms with E-state index in [0.717, 1.165) is 31.7 Å². The zero-order valence-electron chi connectivity index (χ0n) is 10.7. The summed E-state index contributed by atoms with van der Waals surface area (Å²) in [6, 6.07) is 1.98. The van der Waals surface area contributed by atoms with Gasteiger partial charge in [-0.05, 0) is 18.9 Å². The second-order valence-electron chi connectivity index (χ2n) is 4.69. The fourth-order valence-electron chi connectivity index (χ4n) is 2.18. The predicted octanol–water partition coefficient (Wildman–Crippen LogP) is 3.17. The minimum absolute atomic E-state index is 0.329. The lowest BCUT2D eigenvalue weighted by atomic mass is 10.1. The van der Waals surface area contributed by atoms with E-state index < -0.39 is 0 Å². The van der Waals surface area contributed by atoms with Gasteiger partial charge in [0.25, 0.3) is 0 Å². The van der Waals surface area contributed by atoms with Crippen LogP contribution in [0.25, 0.3) is 5.82 Å². The number of anilines is 1. The largest absolute Gasteiger partial charge is 0.379 e. The Hall–Kier alpha value is -1.30. The van der Waals surface area contributed by atoms with Crippen molar-refractivity contribution in [1.82, 2.24) is 14.8 Å². The highest BCUT2D eigenvalue weighted by Gasteiger charge is 2.15. The molecule has 2 aromatic heterocycles. The summed E-state index contributed by atoms with van der Waals surface area (Å²) in [5.41, 5.74) is 0.924. The van der Waals surface area contributed by atoms with E-state index in [9.17, 15) is 0 Å². The third kappa shape index (κ3) is 3.06. The molecule has 1 aliphatic heterocycles. The van der Waals surface area contributed by atoms with E-state index in [1.165, 1.54) is 0 Å². The van der Waals surface area contributed by atoms with Crippen LogP contribution in [0.3, 0.4) is 0 Å². The Morgan fingerprint density at radius 2 is 2.25 bits per heavy atom. The first-order valence-electron chi connectivity index (χ1n) is 6.43. The number of hydrogen-bond donors (Lipinski definition) is 1. The molecule has 20 heavy (non-hydrogen) atoms. The van der Waals surface area contributed by atoms with Gasteiger partial charge in [-0.25, -0.2) is 9.67 Å². The van der Waals surface area contributed by atoms with Crippen LogP contribution in [-0.4, -0.2) is 34.0 Å². The molecule has 0 unspecified atom stereocenters. The third-order valence-electron chi connectivity index (χ3n) is 3.12. The molecule has 5 nitrogen and oxygen atoms in total. The zero-order valence-corrected chi connectivity index (χ0v) is 12.2. The maximum Gasteiger partial charge on any atom is 0.172 e. The van der Waals surface area contributed by atoms with Crippen molar-refractivity contribution in [2.45, 2.75) is 18.9 Å². The van der Waals surface area contributed by atoms with Crippen molar-refractivity contribution in [2.75, 3.05) is 18.5 Å². The topological polar surface area (TPSA) is 52.0 Å². The van der Waals surface area contributed by atoms with Gasteiger partial charge < -0.3 is 10.1 Å². The number of halogens is 2. The summed E-state index contributed by atoms with van der Waals surface area (Å²) in [5.74, 6) is 0.559. The standard InChI is InChI=1S/C13H14Cl2N4O/c14-9-4-12(15)13(16-5-9)19-7-11(6-17-19)18-10-2-1-3-20-8-10/h4-7,10,18H,1-3,8H2/t10-/m0/s1. The van der Waals surface area contributed by atoms with Crippen LogP contribution in [0.2, 0.25) is 10.0 Å². The number of hydrogen-bond acceptors (Lipinski definition) is 4. The summed E-state index contributed by atoms with van der Waals surface area (Å²) in [5, 5.41) is 8.63. The summed E-state index contributed by atoms with van der Waals surface area (Å²) in [7, 11) is 0. The highest BCUT2D eigenvalue weighted by atomic mass is 35.5. The molecule has 0 aliphatic carbocycles. The lowest BCUT2D eigenvalue weighted by Crippen LogP contribution is -2.29. The van der Waals surface area contributed by atoms with E-state index in [-0.39, 0.29) is 0 Å². The van der Waals surface area contributed by atoms with E-state index in [2.05, 4.69) is 15.4 Å². The minimum Gasteiger partial charge on any atom is -0.379 e. The monoisotopic (exact) mass is 312 g/mol. The Morgan fingerprint density at radius 1 is 1.35 bits per heavy atom. The number of nitrogens with one attached hydrogen (secondary N) is 1. The van der Waals surface area contributed by atoms with Crippen LogP contribution >= 0.6 is 23.2 Å². The third-order valence-corrected chi connectivity index (χ3v) is 3.60. The Kier molecular flexibility index (Phi) is 4.10. The maximum absolute atomic E-state index is 6.12. The Morgan fingerprint density at radius 3 is 3.00 bits per heavy atom. The molecule has 0 amide bonds. The summed E-state index contributed by atoms with van der Waals surface area (Å²) >= 11 is 12.0. The van der Waals surface area contributed by atoms with Gasteiger partial charge in [-0.3, -0.25) is 0 Å². The number of pyridine rings is 1. The highest BCUT2D eigenvalue weighted by Crippen LogP contribution is 2.22. The molecule has 7 heteroatoms. The highest BCUT2D eigenvalue weighted by molar-refractivity contribution is 6.35. The molecule has 106 valence electrons. The lowest BCUT2D eigenvalue weighted by Gasteiger charge is -2.23. The molecular weight excluding hydrogens is 299 g/mol. The normalized spacial score (nSPS) is 19.0. The summed E-state index contributed by atoms with van der Waals surface area (Å²) < 4.78 is 7.07. The van der Waals surface area contributed by atoms with E-state index in [4.69, 9.17) is 27.9 Å². The summed E-state index contributed by atoms with van der Waals surface area (Å²) in [6.45, 7) is 1.58. The van der Waals surface area contributed by atoms with Crippen molar-refractivity contribution >= 4 is 28.9 Å². The van der Waals surface area contributed by atoms with Crippen molar-refractivity contribution < 1.29 is 4.74 Å². The van der Waals surface area contributed by atoms with Gasteiger partial charge in [0.2, 0.25) is 0 Å². The molecule has 0 radical (unpaired) electrons. The molecule has 1 fully saturated rings. The second kappa shape index (κ2) is 5.99. The van der Waals surface area contributed by atoms with Crippen molar-refractivity contribution in [1.29, 1.82) is 0 Å². The molecule has 0 spiro atoms. The zero-order chi connectivity index (χ0) is 13.9. The van der Waals surface area contributed by atoms with Gasteiger partial charge in [0.05, 0.1) is 34.7 Å². The van der Waals surface area contributed by atoms with Gasteiger partial charge in [-0.15, -0.1) is 0 Å². The first-order valence-corrected chi connectivity index (χ1v) is 7.18. The van der Waals surface area contributed by atoms with Gasteiger partial charge in [0, 0.05) is 18.8 Å². The molecule has 1 saturated heterocycles. The van der Waals surface area contributed by atoms with Crippen LogP contribution in [0.1, 0.15) is 12.8 Å². The quantitative estimate of drug-likeness (QED) is 0.945. The number of aromatic nitrogens is 3. The van der Waals surface area contributed by atoms with Gasteiger partial charge in [-0.2, -0.15) is 5.10 Å². The number of nitrogens with zero attached hydrogens (tertiary/aromatic N) is 3. The molecule has 1 N–H and O–H groups in total. The van der Waals surface area contributed by atoms with Gasteiger partial charge in [0.1, 0.15) is 0 Å². The van der Waals surface area contributed by atoms with Crippen molar-refractivity contribution in [3.63, 3.8) is 0 Å². The Balaban J connectivity index is 1.75. The fourth-order valence-corrected chi connectivity index (χ4v) is 2.65. The van der Waals surface area contributed by atoms with Crippen LogP contribution < -0.4 is 5.32 Å². The van der Waals surface area contributed by atoms with Crippen LogP contribution in [-0.2, 0) is 4.74 Å². The Bertz CT molecular complexity index is 596. The predicted molar refractivity (Wildman–Crippen MR) is 78.8 cm³/mol. The van der Waals surface area contributed by atoms with Gasteiger partial charge >= 0.3 is 0 Å². The van der Waals surface area contributed by atoms with E-state index in [1.54, 1.807) is 23.1 Å². The lowest BCUT2D eigenvalue weighted by molar-refractivity contribution is 0.0876. The first kappa shape index (κ1) is 13.7. The molecule has 0 aromatic carbocycles. The molecule has 0 saturated carbocycles. The molecule has 1 atom stereocenters. The average Bonchev–Trinajstić information content (AvgIpc) is 2.88. The number of ether oxygens (including phenoxy) is 1. The molecule has 3 heterocycles. The molecule has 1 aliphatic rings. The number of rotatable bonds is 3. The van der Waals surface area contributed by atoms with Crippen LogP contribution in [0, 0.1) is 0 Å². The van der Waals surface area contributed by atoms with Crippen LogP contribution in [0.5, 0.6) is 0 Å². The van der Waals surface area contributed by atoms with Crippen molar-refractivity contribution in [3.8, 4) is 5.82 Å². The molecular formula is C13H14Cl2N4O. The molecule has 3 rings (SSSR count). The van der Waals surface area contributed by atoms with E-state index in [0.29, 0.717) is 21.9 Å². The second-order valence-corrected chi connectivity index (χ2v) is 5.53. The summed E-state index contributed by atoms with van der Waals surface area (Å²) in [6.07, 6.45) is 7.34. The van der Waals surface area contributed by atoms with E-state index in [1.807, 2.05) is 6.20 Å². The molecule has 2 aromatic rings. The maximum atomic E-state index is 6.12. The van der Waals surface area contributed by atoms with E-state index >= 15 is 0 Å². The smallest absolute Gasteiger partial charge is 0.172 e. The van der Waals surface area contributed by atoms with Gasteiger partial charge in [0.15, 0.2) is 5.82 Å². The molecule has 0 bridgehead atoms. The van der Waals surface area contributed by atoms with Gasteiger partial charge in [-0.1, -0.05) is 23.2 Å². The van der Waals surface area contributed by atoms with Crippen LogP contribution in [0.15, 0.2) is 24.7 Å². The average molecular weight is 313 g/mol. The Labute approximate surface area is 126 Å². The summed E-state index contributed by atoms with van der Waals surface area (Å²) in [4.78, 5) is 4.19. The minimum atomic E-state index is 0.329. The van der Waals surface area contributed by atoms with Crippen molar-refractivity contribution in [2.24, 2.45) is 0 Å². The first-order chi connectivity index (χ1) is 9.72. The fraction of sp³-hybridized carbons (Fsp3) is 0.385. The van der Waals surface area contributed by atoms with Crippen molar-refractivity contribution in [3.05, 3.63) is 34.7 Å². The SMILES string of the molecule is Clc1cnc(-n2cc(N[C@H]3CCCOC3)cn2)c(Cl)c1. The van der Waals surface area contributed by atoms with Crippen LogP contribution in [0.4, 0.5) is 5.69 Å².